The van der Waals surface area contributed by atoms with Crippen molar-refractivity contribution in [1.82, 2.24) is 24.8 Å². The van der Waals surface area contributed by atoms with Gasteiger partial charge in [0.25, 0.3) is 0 Å². The van der Waals surface area contributed by atoms with Crippen LogP contribution in [0.4, 0.5) is 5.69 Å². The Kier molecular flexibility index (Phi) is 3.90. The second-order valence-electron chi connectivity index (χ2n) is 6.59. The highest BCUT2D eigenvalue weighted by molar-refractivity contribution is 6.02. The van der Waals surface area contributed by atoms with E-state index < -0.39 is 0 Å². The van der Waals surface area contributed by atoms with Crippen LogP contribution in [0.3, 0.4) is 0 Å². The number of nitrogens with one attached hydrogen (secondary N) is 1. The number of fused-ring (bicyclic) bond motifs is 1. The molecule has 3 aromatic rings. The van der Waals surface area contributed by atoms with Gasteiger partial charge < -0.3 is 14.8 Å². The van der Waals surface area contributed by atoms with E-state index in [1.54, 1.807) is 6.33 Å². The van der Waals surface area contributed by atoms with E-state index >= 15 is 0 Å². The summed E-state index contributed by atoms with van der Waals surface area (Å²) in [5.41, 5.74) is 4.28. The number of nitrogens with zero attached hydrogens (tertiary/aromatic N) is 5. The van der Waals surface area contributed by atoms with Crippen LogP contribution in [-0.4, -0.2) is 58.1 Å². The maximum absolute atomic E-state index is 4.50. The van der Waals surface area contributed by atoms with Crippen molar-refractivity contribution >= 4 is 16.7 Å². The average molecular weight is 322 g/mol. The molecule has 0 aromatic carbocycles. The van der Waals surface area contributed by atoms with Crippen molar-refractivity contribution in [1.29, 1.82) is 0 Å². The lowest BCUT2D eigenvalue weighted by atomic mass is 10.0. The van der Waals surface area contributed by atoms with Gasteiger partial charge in [-0.3, -0.25) is 0 Å². The fourth-order valence-corrected chi connectivity index (χ4v) is 3.56. The van der Waals surface area contributed by atoms with Crippen molar-refractivity contribution in [2.75, 3.05) is 32.1 Å². The molecule has 0 bridgehead atoms. The van der Waals surface area contributed by atoms with Crippen LogP contribution in [0.15, 0.2) is 37.2 Å². The Hall–Kier alpha value is -2.47. The largest absolute Gasteiger partial charge is 0.369 e. The molecule has 1 N–H and O–H groups in total. The minimum atomic E-state index is 0.587. The Balaban J connectivity index is 1.80. The van der Waals surface area contributed by atoms with E-state index in [2.05, 4.69) is 49.9 Å². The predicted octanol–water partition coefficient (Wildman–Crippen LogP) is 2.55. The second kappa shape index (κ2) is 6.20. The first-order chi connectivity index (χ1) is 11.7. The minimum absolute atomic E-state index is 0.587. The zero-order valence-corrected chi connectivity index (χ0v) is 14.1. The summed E-state index contributed by atoms with van der Waals surface area (Å²) < 4.78 is 0. The summed E-state index contributed by atoms with van der Waals surface area (Å²) in [5, 5.41) is 1.16. The summed E-state index contributed by atoms with van der Waals surface area (Å²) >= 11 is 0. The molecule has 3 aromatic heterocycles. The molecular weight excluding hydrogens is 300 g/mol. The summed E-state index contributed by atoms with van der Waals surface area (Å²) in [4.78, 5) is 20.9. The number of hydrogen-bond acceptors (Lipinski definition) is 5. The fraction of sp³-hybridized carbons (Fsp3) is 0.389. The summed E-state index contributed by atoms with van der Waals surface area (Å²) in [7, 11) is 4.33. The molecule has 0 saturated carbocycles. The Morgan fingerprint density at radius 1 is 1.25 bits per heavy atom. The number of anilines is 1. The van der Waals surface area contributed by atoms with E-state index in [0.29, 0.717) is 6.04 Å². The quantitative estimate of drug-likeness (QED) is 0.803. The van der Waals surface area contributed by atoms with Gasteiger partial charge in [0.05, 0.1) is 5.39 Å². The smallest absolute Gasteiger partial charge is 0.139 e. The molecule has 1 aliphatic rings. The van der Waals surface area contributed by atoms with Crippen LogP contribution in [-0.2, 0) is 0 Å². The third-order valence-corrected chi connectivity index (χ3v) is 4.89. The van der Waals surface area contributed by atoms with Crippen molar-refractivity contribution in [2.24, 2.45) is 0 Å². The van der Waals surface area contributed by atoms with Gasteiger partial charge >= 0.3 is 0 Å². The highest BCUT2D eigenvalue weighted by Crippen LogP contribution is 2.35. The Morgan fingerprint density at radius 3 is 2.88 bits per heavy atom. The molecule has 6 nitrogen and oxygen atoms in total. The molecular formula is C18H22N6. The molecule has 1 unspecified atom stereocenters. The lowest BCUT2D eigenvalue weighted by Crippen LogP contribution is -2.45. The normalized spacial score (nSPS) is 18.5. The van der Waals surface area contributed by atoms with Crippen molar-refractivity contribution in [3.05, 3.63) is 37.2 Å². The number of piperidine rings is 1. The zero-order valence-electron chi connectivity index (χ0n) is 14.1. The fourth-order valence-electron chi connectivity index (χ4n) is 3.56. The van der Waals surface area contributed by atoms with Gasteiger partial charge in [-0.2, -0.15) is 0 Å². The predicted molar refractivity (Wildman–Crippen MR) is 96.0 cm³/mol. The number of rotatable bonds is 3. The highest BCUT2D eigenvalue weighted by atomic mass is 15.2. The molecule has 0 aliphatic carbocycles. The molecule has 24 heavy (non-hydrogen) atoms. The van der Waals surface area contributed by atoms with Crippen molar-refractivity contribution < 1.29 is 0 Å². The lowest BCUT2D eigenvalue weighted by Gasteiger charge is -2.37. The standard InChI is InChI=1S/C18H22N6/c1-23(2)14-4-3-7-24(11-14)16-5-6-21-18-17(16)15(10-22-18)13-8-19-12-20-9-13/h5-6,8-10,12,14H,3-4,7,11H2,1-2H3,(H,21,22). The first-order valence-corrected chi connectivity index (χ1v) is 8.37. The topological polar surface area (TPSA) is 60.9 Å². The summed E-state index contributed by atoms with van der Waals surface area (Å²) in [6.07, 6.45) is 11.6. The molecule has 4 heterocycles. The molecule has 4 rings (SSSR count). The molecule has 124 valence electrons. The van der Waals surface area contributed by atoms with E-state index in [4.69, 9.17) is 0 Å². The number of likely N-dealkylation sites (N-methyl/N-ethyl adjacent to an activating group) is 1. The third kappa shape index (κ3) is 2.63. The van der Waals surface area contributed by atoms with Gasteiger partial charge in [-0.05, 0) is 33.0 Å². The van der Waals surface area contributed by atoms with Crippen LogP contribution in [0.5, 0.6) is 0 Å². The molecule has 1 atom stereocenters. The number of hydrogen-bond donors (Lipinski definition) is 1. The van der Waals surface area contributed by atoms with Gasteiger partial charge in [0, 0.05) is 60.7 Å². The Bertz CT molecular complexity index is 826. The van der Waals surface area contributed by atoms with Crippen molar-refractivity contribution in [3.63, 3.8) is 0 Å². The molecule has 0 amide bonds. The van der Waals surface area contributed by atoms with Gasteiger partial charge in [0.2, 0.25) is 0 Å². The molecule has 6 heteroatoms. The first-order valence-electron chi connectivity index (χ1n) is 8.37. The van der Waals surface area contributed by atoms with Crippen LogP contribution in [0.1, 0.15) is 12.8 Å². The summed E-state index contributed by atoms with van der Waals surface area (Å²) in [6, 6.07) is 2.71. The Labute approximate surface area is 141 Å². The molecule has 0 radical (unpaired) electrons. The van der Waals surface area contributed by atoms with Crippen LogP contribution >= 0.6 is 0 Å². The maximum Gasteiger partial charge on any atom is 0.139 e. The van der Waals surface area contributed by atoms with Gasteiger partial charge in [0.15, 0.2) is 0 Å². The van der Waals surface area contributed by atoms with E-state index in [1.165, 1.54) is 18.5 Å². The number of pyridine rings is 1. The Morgan fingerprint density at radius 2 is 2.08 bits per heavy atom. The van der Waals surface area contributed by atoms with E-state index in [1.807, 2.05) is 24.8 Å². The van der Waals surface area contributed by atoms with Gasteiger partial charge in [-0.15, -0.1) is 0 Å². The van der Waals surface area contributed by atoms with Crippen molar-refractivity contribution in [2.45, 2.75) is 18.9 Å². The van der Waals surface area contributed by atoms with Crippen LogP contribution in [0, 0.1) is 0 Å². The molecule has 1 fully saturated rings. The maximum atomic E-state index is 4.50. The zero-order chi connectivity index (χ0) is 16.5. The SMILES string of the molecule is CN(C)C1CCCN(c2ccnc3[nH]cc(-c4cncnc4)c23)C1. The third-order valence-electron chi connectivity index (χ3n) is 4.89. The molecule has 1 aliphatic heterocycles. The van der Waals surface area contributed by atoms with Gasteiger partial charge in [-0.1, -0.05) is 0 Å². The van der Waals surface area contributed by atoms with E-state index in [-0.39, 0.29) is 0 Å². The highest BCUT2D eigenvalue weighted by Gasteiger charge is 2.24. The van der Waals surface area contributed by atoms with Crippen LogP contribution in [0.2, 0.25) is 0 Å². The average Bonchev–Trinajstić information content (AvgIpc) is 3.07. The monoisotopic (exact) mass is 322 g/mol. The number of H-pyrrole nitrogens is 1. The lowest BCUT2D eigenvalue weighted by molar-refractivity contribution is 0.258. The van der Waals surface area contributed by atoms with E-state index in [0.717, 1.165) is 35.2 Å². The van der Waals surface area contributed by atoms with E-state index in [9.17, 15) is 0 Å². The van der Waals surface area contributed by atoms with Crippen LogP contribution < -0.4 is 4.90 Å². The minimum Gasteiger partial charge on any atom is -0.369 e. The first kappa shape index (κ1) is 15.1. The van der Waals surface area contributed by atoms with Crippen LogP contribution in [0.25, 0.3) is 22.2 Å². The van der Waals surface area contributed by atoms with Gasteiger partial charge in [0.1, 0.15) is 12.0 Å². The van der Waals surface area contributed by atoms with Gasteiger partial charge in [-0.25, -0.2) is 15.0 Å². The number of aromatic amines is 1. The summed E-state index contributed by atoms with van der Waals surface area (Å²) in [5.74, 6) is 0. The molecule has 0 spiro atoms. The number of aromatic nitrogens is 4. The summed E-state index contributed by atoms with van der Waals surface area (Å²) in [6.45, 7) is 2.13. The second-order valence-corrected chi connectivity index (χ2v) is 6.59. The molecule has 1 saturated heterocycles. The van der Waals surface area contributed by atoms with Crippen molar-refractivity contribution in [3.8, 4) is 11.1 Å².